The molecule has 0 aliphatic rings. The van der Waals surface area contributed by atoms with Gasteiger partial charge in [-0.05, 0) is 37.6 Å². The lowest BCUT2D eigenvalue weighted by Gasteiger charge is -2.24. The molecule has 2 aromatic rings. The van der Waals surface area contributed by atoms with E-state index in [4.69, 9.17) is 4.74 Å². The van der Waals surface area contributed by atoms with Crippen LogP contribution in [-0.4, -0.2) is 37.2 Å². The number of ether oxygens (including phenoxy) is 1. The van der Waals surface area contributed by atoms with E-state index in [-0.39, 0.29) is 5.60 Å². The maximum Gasteiger partial charge on any atom is 0.191 e. The van der Waals surface area contributed by atoms with Gasteiger partial charge in [-0.3, -0.25) is 9.98 Å². The zero-order valence-corrected chi connectivity index (χ0v) is 14.8. The molecule has 0 bridgehead atoms. The molecule has 0 spiro atoms. The fraction of sp³-hybridized carbons (Fsp3) is 0.368. The van der Waals surface area contributed by atoms with Gasteiger partial charge in [0.1, 0.15) is 0 Å². The molecule has 0 amide bonds. The Balaban J connectivity index is 1.96. The molecule has 0 saturated carbocycles. The van der Waals surface area contributed by atoms with Crippen molar-refractivity contribution in [3.8, 4) is 11.3 Å². The van der Waals surface area contributed by atoms with Gasteiger partial charge in [-0.2, -0.15) is 0 Å². The zero-order valence-electron chi connectivity index (χ0n) is 14.8. The van der Waals surface area contributed by atoms with Gasteiger partial charge in [-0.1, -0.05) is 24.3 Å². The first-order valence-electron chi connectivity index (χ1n) is 8.04. The van der Waals surface area contributed by atoms with Gasteiger partial charge in [0.2, 0.25) is 0 Å². The van der Waals surface area contributed by atoms with Gasteiger partial charge < -0.3 is 15.4 Å². The van der Waals surface area contributed by atoms with Gasteiger partial charge in [-0.15, -0.1) is 0 Å². The molecule has 0 aliphatic carbocycles. The molecule has 0 aliphatic heterocycles. The summed E-state index contributed by atoms with van der Waals surface area (Å²) in [5.41, 5.74) is 3.02. The van der Waals surface area contributed by atoms with Crippen molar-refractivity contribution in [2.75, 3.05) is 20.7 Å². The highest BCUT2D eigenvalue weighted by Gasteiger charge is 2.16. The summed E-state index contributed by atoms with van der Waals surface area (Å²) in [4.78, 5) is 8.64. The second-order valence-corrected chi connectivity index (χ2v) is 6.16. The number of nitrogens with one attached hydrogen (secondary N) is 2. The Kier molecular flexibility index (Phi) is 6.32. The lowest BCUT2D eigenvalue weighted by Crippen LogP contribution is -2.45. The summed E-state index contributed by atoms with van der Waals surface area (Å²) in [5.74, 6) is 0.753. The Morgan fingerprint density at radius 3 is 2.67 bits per heavy atom. The van der Waals surface area contributed by atoms with Gasteiger partial charge in [-0.25, -0.2) is 0 Å². The molecular weight excluding hydrogens is 300 g/mol. The standard InChI is InChI=1S/C19H26N4O/c1-19(2,24-4)14-23-18(20-3)22-13-15-8-7-9-16(12-15)17-10-5-6-11-21-17/h5-12H,13-14H2,1-4H3,(H2,20,22,23). The molecular formula is C19H26N4O. The Morgan fingerprint density at radius 1 is 1.17 bits per heavy atom. The smallest absolute Gasteiger partial charge is 0.191 e. The quantitative estimate of drug-likeness (QED) is 0.633. The predicted molar refractivity (Wildman–Crippen MR) is 99.0 cm³/mol. The number of aromatic nitrogens is 1. The van der Waals surface area contributed by atoms with Crippen LogP contribution in [0.3, 0.4) is 0 Å². The molecule has 0 unspecified atom stereocenters. The summed E-state index contributed by atoms with van der Waals surface area (Å²) in [6, 6.07) is 14.3. The zero-order chi connectivity index (χ0) is 17.4. The lowest BCUT2D eigenvalue weighted by atomic mass is 10.1. The SMILES string of the molecule is CN=C(NCc1cccc(-c2ccccn2)c1)NCC(C)(C)OC. The molecule has 5 heteroatoms. The van der Waals surface area contributed by atoms with Crippen molar-refractivity contribution in [1.82, 2.24) is 15.6 Å². The van der Waals surface area contributed by atoms with Gasteiger partial charge in [0.05, 0.1) is 11.3 Å². The normalized spacial score (nSPS) is 12.1. The summed E-state index contributed by atoms with van der Waals surface area (Å²) in [6.45, 7) is 5.43. The molecule has 1 heterocycles. The lowest BCUT2D eigenvalue weighted by molar-refractivity contribution is 0.0268. The number of methoxy groups -OCH3 is 1. The predicted octanol–water partition coefficient (Wildman–Crippen LogP) is 2.84. The van der Waals surface area contributed by atoms with Crippen LogP contribution in [0.2, 0.25) is 0 Å². The van der Waals surface area contributed by atoms with Crippen LogP contribution in [0.25, 0.3) is 11.3 Å². The van der Waals surface area contributed by atoms with Gasteiger partial charge in [0.15, 0.2) is 5.96 Å². The van der Waals surface area contributed by atoms with Crippen LogP contribution in [0.5, 0.6) is 0 Å². The van der Waals surface area contributed by atoms with Crippen molar-refractivity contribution in [2.45, 2.75) is 26.0 Å². The number of benzene rings is 1. The number of pyridine rings is 1. The average molecular weight is 326 g/mol. The van der Waals surface area contributed by atoms with Gasteiger partial charge >= 0.3 is 0 Å². The fourth-order valence-corrected chi connectivity index (χ4v) is 2.15. The van der Waals surface area contributed by atoms with Gasteiger partial charge in [0.25, 0.3) is 0 Å². The first kappa shape index (κ1) is 17.9. The van der Waals surface area contributed by atoms with E-state index in [0.29, 0.717) is 13.1 Å². The maximum atomic E-state index is 5.41. The van der Waals surface area contributed by atoms with Crippen molar-refractivity contribution in [3.63, 3.8) is 0 Å². The Labute approximate surface area is 144 Å². The number of aliphatic imine (C=N–C) groups is 1. The second-order valence-electron chi connectivity index (χ2n) is 6.16. The number of guanidine groups is 1. The molecule has 24 heavy (non-hydrogen) atoms. The number of hydrogen-bond donors (Lipinski definition) is 2. The Bertz CT molecular complexity index is 668. The van der Waals surface area contributed by atoms with Crippen LogP contribution in [0, 0.1) is 0 Å². The molecule has 128 valence electrons. The van der Waals surface area contributed by atoms with E-state index < -0.39 is 0 Å². The van der Waals surface area contributed by atoms with Crippen LogP contribution in [0.4, 0.5) is 0 Å². The fourth-order valence-electron chi connectivity index (χ4n) is 2.15. The minimum Gasteiger partial charge on any atom is -0.377 e. The first-order valence-corrected chi connectivity index (χ1v) is 8.04. The molecule has 0 saturated heterocycles. The third-order valence-corrected chi connectivity index (χ3v) is 3.81. The topological polar surface area (TPSA) is 58.5 Å². The summed E-state index contributed by atoms with van der Waals surface area (Å²) in [6.07, 6.45) is 1.81. The second kappa shape index (κ2) is 8.45. The van der Waals surface area contributed by atoms with Crippen molar-refractivity contribution in [1.29, 1.82) is 0 Å². The third kappa shape index (κ3) is 5.35. The third-order valence-electron chi connectivity index (χ3n) is 3.81. The molecule has 0 radical (unpaired) electrons. The Morgan fingerprint density at radius 2 is 2.00 bits per heavy atom. The van der Waals surface area contributed by atoms with E-state index >= 15 is 0 Å². The van der Waals surface area contributed by atoms with E-state index in [1.807, 2.05) is 44.3 Å². The molecule has 0 atom stereocenters. The van der Waals surface area contributed by atoms with Gasteiger partial charge in [0, 0.05) is 39.0 Å². The van der Waals surface area contributed by atoms with E-state index in [2.05, 4.69) is 38.8 Å². The average Bonchev–Trinajstić information content (AvgIpc) is 2.63. The van der Waals surface area contributed by atoms with E-state index in [0.717, 1.165) is 17.2 Å². The molecule has 1 aromatic carbocycles. The molecule has 5 nitrogen and oxygen atoms in total. The summed E-state index contributed by atoms with van der Waals surface area (Å²) < 4.78 is 5.41. The maximum absolute atomic E-state index is 5.41. The largest absolute Gasteiger partial charge is 0.377 e. The van der Waals surface area contributed by atoms with Crippen molar-refractivity contribution >= 4 is 5.96 Å². The van der Waals surface area contributed by atoms with Crippen LogP contribution in [0.1, 0.15) is 19.4 Å². The summed E-state index contributed by atoms with van der Waals surface area (Å²) >= 11 is 0. The highest BCUT2D eigenvalue weighted by molar-refractivity contribution is 5.79. The summed E-state index contributed by atoms with van der Waals surface area (Å²) in [7, 11) is 3.47. The Hall–Kier alpha value is -2.40. The first-order chi connectivity index (χ1) is 11.5. The van der Waals surface area contributed by atoms with Crippen molar-refractivity contribution < 1.29 is 4.74 Å². The minimum atomic E-state index is -0.240. The van der Waals surface area contributed by atoms with Crippen LogP contribution in [0.15, 0.2) is 53.7 Å². The molecule has 2 rings (SSSR count). The molecule has 2 N–H and O–H groups in total. The van der Waals surface area contributed by atoms with Crippen molar-refractivity contribution in [2.24, 2.45) is 4.99 Å². The highest BCUT2D eigenvalue weighted by atomic mass is 16.5. The van der Waals surface area contributed by atoms with Crippen LogP contribution >= 0.6 is 0 Å². The van der Waals surface area contributed by atoms with E-state index in [1.54, 1.807) is 14.2 Å². The van der Waals surface area contributed by atoms with E-state index in [1.165, 1.54) is 5.56 Å². The summed E-state index contributed by atoms with van der Waals surface area (Å²) in [5, 5.41) is 6.60. The van der Waals surface area contributed by atoms with Crippen LogP contribution < -0.4 is 10.6 Å². The number of nitrogens with zero attached hydrogens (tertiary/aromatic N) is 2. The highest BCUT2D eigenvalue weighted by Crippen LogP contribution is 2.17. The van der Waals surface area contributed by atoms with Crippen LogP contribution in [-0.2, 0) is 11.3 Å². The molecule has 0 fully saturated rings. The van der Waals surface area contributed by atoms with Crippen molar-refractivity contribution in [3.05, 3.63) is 54.2 Å². The molecule has 1 aromatic heterocycles. The van der Waals surface area contributed by atoms with E-state index in [9.17, 15) is 0 Å². The minimum absolute atomic E-state index is 0.240. The number of rotatable bonds is 6. The number of hydrogen-bond acceptors (Lipinski definition) is 3. The monoisotopic (exact) mass is 326 g/mol.